The van der Waals surface area contributed by atoms with Crippen molar-refractivity contribution in [3.63, 3.8) is 0 Å². The van der Waals surface area contributed by atoms with Gasteiger partial charge in [-0.05, 0) is 6.08 Å². The third kappa shape index (κ3) is 1.33. The van der Waals surface area contributed by atoms with Crippen molar-refractivity contribution < 1.29 is 11.6 Å². The van der Waals surface area contributed by atoms with Gasteiger partial charge in [0.2, 0.25) is 0 Å². The van der Waals surface area contributed by atoms with Crippen molar-refractivity contribution in [2.45, 2.75) is 12.2 Å². The van der Waals surface area contributed by atoms with Crippen LogP contribution in [0, 0.1) is 0 Å². The predicted octanol–water partition coefficient (Wildman–Crippen LogP) is 0.401. The van der Waals surface area contributed by atoms with Gasteiger partial charge in [0.25, 0.3) is 0 Å². The highest BCUT2D eigenvalue weighted by atomic mass is 35.5. The molecule has 2 N–H and O–H groups in total. The van der Waals surface area contributed by atoms with E-state index in [-0.39, 0.29) is 5.03 Å². The van der Waals surface area contributed by atoms with Gasteiger partial charge in [-0.25, -0.2) is 0 Å². The van der Waals surface area contributed by atoms with Gasteiger partial charge in [0.1, 0.15) is 12.2 Å². The van der Waals surface area contributed by atoms with Crippen LogP contribution in [-0.2, 0) is 0 Å². The number of aliphatic hydroxyl groups is 2. The van der Waals surface area contributed by atoms with E-state index < -0.39 is 12.2 Å². The number of aliphatic hydroxyl groups excluding tert-OH is 1. The summed E-state index contributed by atoms with van der Waals surface area (Å²) in [5.74, 6) is 0. The lowest BCUT2D eigenvalue weighted by Gasteiger charge is -2.15. The second-order valence-corrected chi connectivity index (χ2v) is 2.17. The third-order valence-electron chi connectivity index (χ3n) is 1.06. The molecule has 50 valence electrons. The van der Waals surface area contributed by atoms with Crippen molar-refractivity contribution in [3.05, 3.63) is 23.3 Å². The van der Waals surface area contributed by atoms with Gasteiger partial charge in [-0.2, -0.15) is 0 Å². The Morgan fingerprint density at radius 3 is 2.78 bits per heavy atom. The Bertz CT molecular complexity index is 198. The lowest BCUT2D eigenvalue weighted by atomic mass is 10.1. The lowest BCUT2D eigenvalue weighted by molar-refractivity contribution is 0.0764. The minimum absolute atomic E-state index is 0.0833. The van der Waals surface area contributed by atoms with Gasteiger partial charge in [0.15, 0.2) is 0 Å². The van der Waals surface area contributed by atoms with Crippen molar-refractivity contribution in [1.29, 1.82) is 0 Å². The summed E-state index contributed by atoms with van der Waals surface area (Å²) in [6.07, 6.45) is 0.756. The number of halogens is 1. The molecule has 2 atom stereocenters. The zero-order valence-corrected chi connectivity index (χ0v) is 5.34. The molecular weight excluding hydrogens is 140 g/mol. The molecule has 0 radical (unpaired) electrons. The van der Waals surface area contributed by atoms with Gasteiger partial charge in [-0.3, -0.25) is 0 Å². The molecule has 0 fully saturated rings. The molecular formula is C6H7ClO2. The molecule has 0 heterocycles. The standard InChI is InChI=1S/C6H7ClO2/c7-4-2-1-3-5(8)6(4)9/h1-3,5-6,8-9H/t5-,6+/m1/s1/i5D. The van der Waals surface area contributed by atoms with E-state index in [1.165, 1.54) is 18.2 Å². The number of hydrogen-bond acceptors (Lipinski definition) is 2. The highest BCUT2D eigenvalue weighted by Crippen LogP contribution is 2.16. The number of allylic oxidation sites excluding steroid dienone is 2. The second kappa shape index (κ2) is 2.52. The molecule has 0 aromatic heterocycles. The van der Waals surface area contributed by atoms with Crippen LogP contribution in [0.4, 0.5) is 0 Å². The summed E-state index contributed by atoms with van der Waals surface area (Å²) < 4.78 is 7.06. The number of rotatable bonds is 0. The Labute approximate surface area is 59.5 Å². The van der Waals surface area contributed by atoms with E-state index in [4.69, 9.17) is 23.2 Å². The molecule has 1 rings (SSSR count). The smallest absolute Gasteiger partial charge is 0.119 e. The number of hydrogen-bond donors (Lipinski definition) is 2. The molecule has 9 heavy (non-hydrogen) atoms. The van der Waals surface area contributed by atoms with Gasteiger partial charge in [0.05, 0.1) is 1.37 Å². The van der Waals surface area contributed by atoms with Gasteiger partial charge in [0, 0.05) is 5.03 Å². The molecule has 0 bridgehead atoms. The SMILES string of the molecule is [2H][C@@]1(O)C=CC=C(Cl)[C@@H]1O. The fraction of sp³-hybridized carbons (Fsp3) is 0.333. The monoisotopic (exact) mass is 147 g/mol. The topological polar surface area (TPSA) is 40.5 Å². The molecule has 0 unspecified atom stereocenters. The van der Waals surface area contributed by atoms with Crippen molar-refractivity contribution in [2.75, 3.05) is 0 Å². The normalized spacial score (nSPS) is 44.1. The highest BCUT2D eigenvalue weighted by molar-refractivity contribution is 6.30. The van der Waals surface area contributed by atoms with Crippen LogP contribution in [0.5, 0.6) is 0 Å². The Balaban J connectivity index is 2.89. The van der Waals surface area contributed by atoms with Crippen LogP contribution in [0.25, 0.3) is 0 Å². The van der Waals surface area contributed by atoms with E-state index in [1.54, 1.807) is 0 Å². The summed E-state index contributed by atoms with van der Waals surface area (Å²) in [5.41, 5.74) is 0. The first-order valence-electron chi connectivity index (χ1n) is 2.99. The average molecular weight is 148 g/mol. The van der Waals surface area contributed by atoms with E-state index in [9.17, 15) is 0 Å². The summed E-state index contributed by atoms with van der Waals surface area (Å²) in [6.45, 7) is 0. The van der Waals surface area contributed by atoms with E-state index >= 15 is 0 Å². The molecule has 0 saturated heterocycles. The molecule has 0 saturated carbocycles. The molecule has 0 aromatic rings. The fourth-order valence-electron chi connectivity index (χ4n) is 0.562. The van der Waals surface area contributed by atoms with E-state index in [2.05, 4.69) is 0 Å². The Hall–Kier alpha value is -0.310. The molecule has 0 aromatic carbocycles. The van der Waals surface area contributed by atoms with Crippen LogP contribution in [-0.4, -0.2) is 22.4 Å². The molecule has 0 aliphatic heterocycles. The van der Waals surface area contributed by atoms with Gasteiger partial charge in [-0.1, -0.05) is 23.8 Å². The zero-order chi connectivity index (χ0) is 7.78. The first-order chi connectivity index (χ1) is 4.54. The van der Waals surface area contributed by atoms with Crippen LogP contribution < -0.4 is 0 Å². The largest absolute Gasteiger partial charge is 0.386 e. The van der Waals surface area contributed by atoms with Crippen LogP contribution in [0.1, 0.15) is 1.37 Å². The predicted molar refractivity (Wildman–Crippen MR) is 35.1 cm³/mol. The van der Waals surface area contributed by atoms with Crippen LogP contribution in [0.3, 0.4) is 0 Å². The maximum atomic E-state index is 9.02. The van der Waals surface area contributed by atoms with Crippen molar-refractivity contribution in [1.82, 2.24) is 0 Å². The molecule has 1 aliphatic carbocycles. The first kappa shape index (κ1) is 5.47. The van der Waals surface area contributed by atoms with E-state index in [0.29, 0.717) is 0 Å². The average Bonchev–Trinajstić information content (AvgIpc) is 1.83. The molecule has 3 heteroatoms. The lowest BCUT2D eigenvalue weighted by Crippen LogP contribution is -2.25. The summed E-state index contributed by atoms with van der Waals surface area (Å²) in [7, 11) is 0. The Kier molecular flexibility index (Phi) is 1.53. The quantitative estimate of drug-likeness (QED) is 0.521. The van der Waals surface area contributed by atoms with E-state index in [1.807, 2.05) is 0 Å². The Morgan fingerprint density at radius 1 is 1.67 bits per heavy atom. The summed E-state index contributed by atoms with van der Waals surface area (Å²) >= 11 is 5.43. The summed E-state index contributed by atoms with van der Waals surface area (Å²) in [6, 6.07) is 0. The summed E-state index contributed by atoms with van der Waals surface area (Å²) in [5, 5.41) is 18.1. The first-order valence-corrected chi connectivity index (χ1v) is 2.87. The van der Waals surface area contributed by atoms with E-state index in [0.717, 1.165) is 0 Å². The highest BCUT2D eigenvalue weighted by Gasteiger charge is 2.18. The van der Waals surface area contributed by atoms with Gasteiger partial charge in [-0.15, -0.1) is 0 Å². The van der Waals surface area contributed by atoms with Crippen LogP contribution in [0.2, 0.25) is 0 Å². The maximum Gasteiger partial charge on any atom is 0.119 e. The van der Waals surface area contributed by atoms with Gasteiger partial charge < -0.3 is 10.2 Å². The molecule has 0 spiro atoms. The molecule has 0 amide bonds. The summed E-state index contributed by atoms with van der Waals surface area (Å²) in [4.78, 5) is 0. The Morgan fingerprint density at radius 2 is 2.33 bits per heavy atom. The van der Waals surface area contributed by atoms with Crippen molar-refractivity contribution in [2.24, 2.45) is 0 Å². The fourth-order valence-corrected chi connectivity index (χ4v) is 0.747. The van der Waals surface area contributed by atoms with Crippen LogP contribution in [0.15, 0.2) is 23.3 Å². The molecule has 2 nitrogen and oxygen atoms in total. The molecule has 1 aliphatic rings. The second-order valence-electron chi connectivity index (χ2n) is 1.74. The minimum Gasteiger partial charge on any atom is -0.386 e. The van der Waals surface area contributed by atoms with Gasteiger partial charge >= 0.3 is 0 Å². The van der Waals surface area contributed by atoms with Crippen LogP contribution >= 0.6 is 11.6 Å². The van der Waals surface area contributed by atoms with Crippen molar-refractivity contribution in [3.8, 4) is 0 Å². The maximum absolute atomic E-state index is 9.02. The zero-order valence-electron chi connectivity index (χ0n) is 5.58. The minimum atomic E-state index is -1.97. The van der Waals surface area contributed by atoms with Crippen molar-refractivity contribution >= 4 is 11.6 Å². The third-order valence-corrected chi connectivity index (χ3v) is 1.40.